The number of hydrogen-bond donors (Lipinski definition) is 1. The zero-order chi connectivity index (χ0) is 19.9. The smallest absolute Gasteiger partial charge is 0.335 e. The Balaban J connectivity index is 1.87. The Kier molecular flexibility index (Phi) is 7.54. The van der Waals surface area contributed by atoms with Crippen LogP contribution in [0.25, 0.3) is 0 Å². The molecule has 1 aromatic rings. The number of aromatic carboxylic acids is 1. The minimum atomic E-state index is -0.897. The maximum atomic E-state index is 11.5. The van der Waals surface area contributed by atoms with E-state index in [-0.39, 0.29) is 5.92 Å². The molecular formula is C25H35NO2. The second kappa shape index (κ2) is 10.1. The molecule has 2 aliphatic rings. The summed E-state index contributed by atoms with van der Waals surface area (Å²) in [4.78, 5) is 11.5. The third-order valence-electron chi connectivity index (χ3n) is 7.11. The van der Waals surface area contributed by atoms with Crippen molar-refractivity contribution in [1.29, 1.82) is 5.26 Å². The lowest BCUT2D eigenvalue weighted by Gasteiger charge is -2.42. The highest BCUT2D eigenvalue weighted by atomic mass is 16.4. The fraction of sp³-hybridized carbons (Fsp3) is 0.680. The summed E-state index contributed by atoms with van der Waals surface area (Å²) in [5, 5.41) is 19.2. The summed E-state index contributed by atoms with van der Waals surface area (Å²) in [5.41, 5.74) is 2.60. The maximum absolute atomic E-state index is 11.5. The quantitative estimate of drug-likeness (QED) is 0.491. The van der Waals surface area contributed by atoms with Crippen molar-refractivity contribution in [3.05, 3.63) is 34.9 Å². The van der Waals surface area contributed by atoms with E-state index in [1.807, 2.05) is 6.07 Å². The fourth-order valence-corrected chi connectivity index (χ4v) is 5.71. The van der Waals surface area contributed by atoms with Gasteiger partial charge in [0, 0.05) is 0 Å². The topological polar surface area (TPSA) is 61.1 Å². The van der Waals surface area contributed by atoms with Gasteiger partial charge in [0.15, 0.2) is 0 Å². The first-order valence-corrected chi connectivity index (χ1v) is 11.4. The molecule has 0 radical (unpaired) electrons. The molecule has 3 atom stereocenters. The largest absolute Gasteiger partial charge is 0.478 e. The van der Waals surface area contributed by atoms with Gasteiger partial charge in [-0.15, -0.1) is 0 Å². The monoisotopic (exact) mass is 381 g/mol. The zero-order valence-corrected chi connectivity index (χ0v) is 17.3. The van der Waals surface area contributed by atoms with Crippen molar-refractivity contribution in [3.63, 3.8) is 0 Å². The van der Waals surface area contributed by atoms with Crippen LogP contribution in [0.2, 0.25) is 0 Å². The van der Waals surface area contributed by atoms with Gasteiger partial charge < -0.3 is 5.11 Å². The van der Waals surface area contributed by atoms with Crippen LogP contribution >= 0.6 is 0 Å². The van der Waals surface area contributed by atoms with Crippen molar-refractivity contribution in [2.45, 2.75) is 95.8 Å². The van der Waals surface area contributed by atoms with Gasteiger partial charge in [-0.05, 0) is 66.7 Å². The van der Waals surface area contributed by atoms with Crippen molar-refractivity contribution < 1.29 is 9.90 Å². The molecule has 3 heteroatoms. The van der Waals surface area contributed by atoms with Crippen molar-refractivity contribution in [1.82, 2.24) is 0 Å². The summed E-state index contributed by atoms with van der Waals surface area (Å²) in [7, 11) is 0. The molecule has 1 fully saturated rings. The Bertz CT molecular complexity index is 699. The number of rotatable bonds is 8. The first-order valence-electron chi connectivity index (χ1n) is 11.4. The molecule has 3 nitrogen and oxygen atoms in total. The van der Waals surface area contributed by atoms with Gasteiger partial charge in [0.1, 0.15) is 0 Å². The van der Waals surface area contributed by atoms with Gasteiger partial charge in [-0.25, -0.2) is 4.79 Å². The number of benzene rings is 1. The van der Waals surface area contributed by atoms with E-state index < -0.39 is 5.97 Å². The molecular weight excluding hydrogens is 346 g/mol. The predicted molar refractivity (Wildman–Crippen MR) is 113 cm³/mol. The summed E-state index contributed by atoms with van der Waals surface area (Å²) < 4.78 is 0. The molecule has 1 N–H and O–H groups in total. The number of unbranched alkanes of at least 4 members (excludes halogenated alkanes) is 4. The average molecular weight is 382 g/mol. The molecule has 0 saturated heterocycles. The van der Waals surface area contributed by atoms with Crippen LogP contribution in [0.15, 0.2) is 18.2 Å². The van der Waals surface area contributed by atoms with Crippen LogP contribution in [0.3, 0.4) is 0 Å². The van der Waals surface area contributed by atoms with Crippen LogP contribution in [0.4, 0.5) is 0 Å². The zero-order valence-electron chi connectivity index (χ0n) is 17.3. The number of carboxylic acid groups (broad SMARTS) is 1. The van der Waals surface area contributed by atoms with Crippen molar-refractivity contribution >= 4 is 5.97 Å². The number of carbonyl (C=O) groups is 1. The van der Waals surface area contributed by atoms with Gasteiger partial charge >= 0.3 is 5.97 Å². The highest BCUT2D eigenvalue weighted by Crippen LogP contribution is 2.51. The molecule has 0 spiro atoms. The molecule has 2 aliphatic carbocycles. The Morgan fingerprint density at radius 1 is 1.11 bits per heavy atom. The second-order valence-electron chi connectivity index (χ2n) is 8.95. The lowest BCUT2D eigenvalue weighted by Crippen LogP contribution is -2.30. The highest BCUT2D eigenvalue weighted by molar-refractivity contribution is 5.88. The van der Waals surface area contributed by atoms with E-state index in [4.69, 9.17) is 0 Å². The van der Waals surface area contributed by atoms with E-state index in [9.17, 15) is 15.2 Å². The maximum Gasteiger partial charge on any atom is 0.335 e. The van der Waals surface area contributed by atoms with Crippen molar-refractivity contribution in [2.24, 2.45) is 11.8 Å². The number of nitriles is 1. The molecule has 0 aliphatic heterocycles. The minimum absolute atomic E-state index is 0.158. The summed E-state index contributed by atoms with van der Waals surface area (Å²) >= 11 is 0. The lowest BCUT2D eigenvalue weighted by molar-refractivity contribution is 0.0696. The van der Waals surface area contributed by atoms with Gasteiger partial charge in [-0.1, -0.05) is 64.4 Å². The Morgan fingerprint density at radius 3 is 2.54 bits per heavy atom. The number of fused-ring (bicyclic) bond motifs is 1. The van der Waals surface area contributed by atoms with E-state index in [2.05, 4.69) is 13.0 Å². The number of carboxylic acids is 1. The van der Waals surface area contributed by atoms with Crippen LogP contribution in [0.5, 0.6) is 0 Å². The first kappa shape index (κ1) is 20.9. The lowest BCUT2D eigenvalue weighted by atomic mass is 9.62. The van der Waals surface area contributed by atoms with E-state index in [0.717, 1.165) is 12.0 Å². The molecule has 0 aromatic heterocycles. The number of nitrogens with zero attached hydrogens (tertiary/aromatic N) is 1. The van der Waals surface area contributed by atoms with Gasteiger partial charge in [0.05, 0.1) is 17.6 Å². The standard InChI is InChI=1S/C25H35NO2/c1-2-3-4-5-7-12-19-15-21(17-26)23-16-20(25(27)28)13-14-22(23)24(19)18-10-8-6-9-11-18/h13-14,16,18-19,21,24H,2-12,15H2,1H3,(H,27,28)/t19-,21?,24+/m1/s1. The highest BCUT2D eigenvalue weighted by Gasteiger charge is 2.39. The van der Waals surface area contributed by atoms with E-state index in [1.54, 1.807) is 12.1 Å². The van der Waals surface area contributed by atoms with E-state index in [1.165, 1.54) is 76.2 Å². The first-order chi connectivity index (χ1) is 13.7. The normalized spacial score (nSPS) is 25.1. The Hall–Kier alpha value is -1.82. The molecule has 0 amide bonds. The fourth-order valence-electron chi connectivity index (χ4n) is 5.71. The third-order valence-corrected chi connectivity index (χ3v) is 7.11. The summed E-state index contributed by atoms with van der Waals surface area (Å²) in [6.45, 7) is 2.25. The van der Waals surface area contributed by atoms with Crippen LogP contribution < -0.4 is 0 Å². The average Bonchev–Trinajstić information content (AvgIpc) is 2.73. The van der Waals surface area contributed by atoms with Crippen LogP contribution in [0, 0.1) is 23.2 Å². The second-order valence-corrected chi connectivity index (χ2v) is 8.95. The molecule has 28 heavy (non-hydrogen) atoms. The molecule has 1 saturated carbocycles. The Morgan fingerprint density at radius 2 is 1.86 bits per heavy atom. The third kappa shape index (κ3) is 4.77. The molecule has 152 valence electrons. The molecule has 1 aromatic carbocycles. The number of hydrogen-bond acceptors (Lipinski definition) is 2. The summed E-state index contributed by atoms with van der Waals surface area (Å²) in [6, 6.07) is 8.09. The van der Waals surface area contributed by atoms with Crippen molar-refractivity contribution in [2.75, 3.05) is 0 Å². The minimum Gasteiger partial charge on any atom is -0.478 e. The van der Waals surface area contributed by atoms with Gasteiger partial charge in [0.2, 0.25) is 0 Å². The van der Waals surface area contributed by atoms with Crippen LogP contribution in [-0.2, 0) is 0 Å². The van der Waals surface area contributed by atoms with Crippen LogP contribution in [0.1, 0.15) is 117 Å². The van der Waals surface area contributed by atoms with Gasteiger partial charge in [-0.3, -0.25) is 0 Å². The van der Waals surface area contributed by atoms with Crippen molar-refractivity contribution in [3.8, 4) is 6.07 Å². The predicted octanol–water partition coefficient (Wildman–Crippen LogP) is 7.04. The van der Waals surface area contributed by atoms with E-state index in [0.29, 0.717) is 23.3 Å². The van der Waals surface area contributed by atoms with Crippen LogP contribution in [-0.4, -0.2) is 11.1 Å². The SMILES string of the molecule is CCCCCCC[C@@H]1CC(C#N)c2cc(C(=O)O)ccc2[C@H]1C1CCCCC1. The van der Waals surface area contributed by atoms with Gasteiger partial charge in [-0.2, -0.15) is 5.26 Å². The van der Waals surface area contributed by atoms with Gasteiger partial charge in [0.25, 0.3) is 0 Å². The molecule has 0 heterocycles. The van der Waals surface area contributed by atoms with E-state index >= 15 is 0 Å². The summed E-state index contributed by atoms with van der Waals surface area (Å²) in [5.74, 6) is 0.719. The molecule has 0 bridgehead atoms. The Labute approximate surface area is 170 Å². The molecule has 1 unspecified atom stereocenters. The summed E-state index contributed by atoms with van der Waals surface area (Å²) in [6.07, 6.45) is 15.1. The molecule has 3 rings (SSSR count).